The number of fused-ring (bicyclic) bond motifs is 3. The fraction of sp³-hybridized carbons (Fsp3) is 0.520. The summed E-state index contributed by atoms with van der Waals surface area (Å²) in [6, 6.07) is 13.3. The Hall–Kier alpha value is -2.13. The first-order valence-electron chi connectivity index (χ1n) is 11.5. The molecule has 5 nitrogen and oxygen atoms in total. The van der Waals surface area contributed by atoms with Gasteiger partial charge in [0.1, 0.15) is 24.6 Å². The third kappa shape index (κ3) is 6.06. The van der Waals surface area contributed by atoms with Gasteiger partial charge in [-0.1, -0.05) is 36.4 Å². The molecular weight excluding hydrogens is 433 g/mol. The van der Waals surface area contributed by atoms with Crippen LogP contribution in [0.3, 0.4) is 0 Å². The van der Waals surface area contributed by atoms with Crippen molar-refractivity contribution < 1.29 is 28.1 Å². The number of aliphatic hydroxyl groups excluding tert-OH is 2. The molecule has 1 saturated heterocycles. The molecule has 2 aromatic carbocycles. The van der Waals surface area contributed by atoms with E-state index >= 15 is 0 Å². The van der Waals surface area contributed by atoms with Gasteiger partial charge in [0.25, 0.3) is 0 Å². The maximum atomic E-state index is 12.4. The number of aliphatic hydroxyl groups is 2. The Morgan fingerprint density at radius 3 is 2.55 bits per heavy atom. The highest BCUT2D eigenvalue weighted by Crippen LogP contribution is 2.47. The summed E-state index contributed by atoms with van der Waals surface area (Å²) < 4.78 is 43.0. The first-order chi connectivity index (χ1) is 15.8. The summed E-state index contributed by atoms with van der Waals surface area (Å²) in [5, 5.41) is 24.2. The van der Waals surface area contributed by atoms with Crippen molar-refractivity contribution in [3.8, 4) is 16.9 Å². The molecule has 3 N–H and O–H groups in total. The molecule has 0 saturated carbocycles. The van der Waals surface area contributed by atoms with Crippen LogP contribution in [0.15, 0.2) is 42.5 Å². The number of halogens is 3. The highest BCUT2D eigenvalue weighted by Gasteiger charge is 2.30. The molecule has 0 amide bonds. The molecule has 1 fully saturated rings. The summed E-state index contributed by atoms with van der Waals surface area (Å²) in [5.74, 6) is 1.04. The van der Waals surface area contributed by atoms with Crippen LogP contribution in [0.2, 0.25) is 0 Å². The number of nitrogens with one attached hydrogen (secondary N) is 1. The van der Waals surface area contributed by atoms with E-state index in [1.54, 1.807) is 0 Å². The minimum Gasteiger partial charge on any atom is -0.490 e. The Labute approximate surface area is 192 Å². The van der Waals surface area contributed by atoms with Crippen molar-refractivity contribution in [1.82, 2.24) is 10.2 Å². The van der Waals surface area contributed by atoms with E-state index in [2.05, 4.69) is 5.32 Å². The lowest BCUT2D eigenvalue weighted by Crippen LogP contribution is -2.40. The number of ether oxygens (including phenoxy) is 1. The lowest BCUT2D eigenvalue weighted by atomic mass is 9.96. The standard InChI is InChI=1S/C25H31F3N2O3/c26-25(27,28)10-13-30-11-8-17(9-12-30)14-29-15-18(31)16-33-22-7-3-6-21-23(22)19-4-1-2-5-20(19)24(21)32/h1-7,17-18,24,29,31-32H,8-16H2/t18-,24?/m1/s1. The average molecular weight is 465 g/mol. The van der Waals surface area contributed by atoms with Crippen molar-refractivity contribution >= 4 is 0 Å². The van der Waals surface area contributed by atoms with Crippen LogP contribution < -0.4 is 10.1 Å². The lowest BCUT2D eigenvalue weighted by molar-refractivity contribution is -0.138. The lowest BCUT2D eigenvalue weighted by Gasteiger charge is -2.32. The monoisotopic (exact) mass is 464 g/mol. The third-order valence-corrected chi connectivity index (χ3v) is 6.54. The Morgan fingerprint density at radius 2 is 1.79 bits per heavy atom. The first-order valence-corrected chi connectivity index (χ1v) is 11.5. The summed E-state index contributed by atoms with van der Waals surface area (Å²) in [7, 11) is 0. The van der Waals surface area contributed by atoms with Gasteiger partial charge in [-0.15, -0.1) is 0 Å². The molecule has 0 aromatic heterocycles. The van der Waals surface area contributed by atoms with E-state index in [0.29, 0.717) is 31.3 Å². The van der Waals surface area contributed by atoms with Crippen LogP contribution in [0.4, 0.5) is 13.2 Å². The van der Waals surface area contributed by atoms with E-state index in [0.717, 1.165) is 41.6 Å². The second-order valence-electron chi connectivity index (χ2n) is 8.98. The molecule has 0 bridgehead atoms. The van der Waals surface area contributed by atoms with Gasteiger partial charge in [0.15, 0.2) is 0 Å². The maximum Gasteiger partial charge on any atom is 0.390 e. The summed E-state index contributed by atoms with van der Waals surface area (Å²) in [6.45, 7) is 2.66. The SMILES string of the molecule is OC1c2ccccc2-c2c(OC[C@H](O)CNCC3CCN(CCC(F)(F)F)CC3)cccc21. The molecular formula is C25H31F3N2O3. The zero-order valence-electron chi connectivity index (χ0n) is 18.5. The van der Waals surface area contributed by atoms with Gasteiger partial charge in [-0.05, 0) is 61.2 Å². The number of likely N-dealkylation sites (tertiary alicyclic amines) is 1. The molecule has 0 spiro atoms. The molecule has 4 rings (SSSR count). The fourth-order valence-electron chi connectivity index (χ4n) is 4.71. The van der Waals surface area contributed by atoms with Gasteiger partial charge in [0.2, 0.25) is 0 Å². The highest BCUT2D eigenvalue weighted by atomic mass is 19.4. The summed E-state index contributed by atoms with van der Waals surface area (Å²) in [5.41, 5.74) is 3.49. The number of rotatable bonds is 9. The van der Waals surface area contributed by atoms with E-state index in [1.807, 2.05) is 47.4 Å². The van der Waals surface area contributed by atoms with Crippen molar-refractivity contribution in [1.29, 1.82) is 0 Å². The number of benzene rings is 2. The van der Waals surface area contributed by atoms with E-state index in [1.165, 1.54) is 0 Å². The van der Waals surface area contributed by atoms with Gasteiger partial charge in [-0.3, -0.25) is 0 Å². The predicted molar refractivity (Wildman–Crippen MR) is 120 cm³/mol. The second kappa shape index (κ2) is 10.4. The van der Waals surface area contributed by atoms with Crippen LogP contribution in [-0.4, -0.2) is 66.7 Å². The van der Waals surface area contributed by atoms with Crippen LogP contribution in [0.5, 0.6) is 5.75 Å². The van der Waals surface area contributed by atoms with Gasteiger partial charge >= 0.3 is 6.18 Å². The minimum absolute atomic E-state index is 0.0738. The first kappa shape index (κ1) is 24.0. The molecule has 1 aliphatic heterocycles. The van der Waals surface area contributed by atoms with Crippen LogP contribution in [0, 0.1) is 5.92 Å². The van der Waals surface area contributed by atoms with E-state index in [-0.39, 0.29) is 13.2 Å². The normalized spacial score (nSPS) is 19.8. The molecule has 8 heteroatoms. The molecule has 2 aliphatic rings. The smallest absolute Gasteiger partial charge is 0.390 e. The number of piperidine rings is 1. The maximum absolute atomic E-state index is 12.4. The zero-order valence-corrected chi connectivity index (χ0v) is 18.5. The van der Waals surface area contributed by atoms with Gasteiger partial charge in [0.05, 0.1) is 6.42 Å². The van der Waals surface area contributed by atoms with Crippen LogP contribution in [0.25, 0.3) is 11.1 Å². The topological polar surface area (TPSA) is 65.0 Å². The molecule has 180 valence electrons. The predicted octanol–water partition coefficient (Wildman–Crippen LogP) is 3.74. The average Bonchev–Trinajstić information content (AvgIpc) is 3.10. The van der Waals surface area contributed by atoms with Gasteiger partial charge in [0, 0.05) is 18.7 Å². The van der Waals surface area contributed by atoms with Crippen molar-refractivity contribution in [2.75, 3.05) is 39.3 Å². The number of nitrogens with zero attached hydrogens (tertiary/aromatic N) is 1. The molecule has 33 heavy (non-hydrogen) atoms. The van der Waals surface area contributed by atoms with Gasteiger partial charge in [-0.2, -0.15) is 13.2 Å². The van der Waals surface area contributed by atoms with Crippen LogP contribution >= 0.6 is 0 Å². The third-order valence-electron chi connectivity index (χ3n) is 6.54. The quantitative estimate of drug-likeness (QED) is 0.528. The van der Waals surface area contributed by atoms with E-state index in [9.17, 15) is 23.4 Å². The zero-order chi connectivity index (χ0) is 23.4. The van der Waals surface area contributed by atoms with Gasteiger partial charge in [-0.25, -0.2) is 0 Å². The number of hydrogen-bond acceptors (Lipinski definition) is 5. The van der Waals surface area contributed by atoms with Crippen molar-refractivity contribution in [3.63, 3.8) is 0 Å². The molecule has 1 aliphatic carbocycles. The van der Waals surface area contributed by atoms with Crippen molar-refractivity contribution in [2.24, 2.45) is 5.92 Å². The second-order valence-corrected chi connectivity index (χ2v) is 8.98. The Kier molecular flexibility index (Phi) is 7.58. The molecule has 2 atom stereocenters. The largest absolute Gasteiger partial charge is 0.490 e. The van der Waals surface area contributed by atoms with E-state index < -0.39 is 24.8 Å². The Balaban J connectivity index is 1.20. The number of alkyl halides is 3. The van der Waals surface area contributed by atoms with Crippen molar-refractivity contribution in [3.05, 3.63) is 53.6 Å². The Morgan fingerprint density at radius 1 is 1.06 bits per heavy atom. The summed E-state index contributed by atoms with van der Waals surface area (Å²) in [6.07, 6.45) is -4.51. The van der Waals surface area contributed by atoms with Crippen molar-refractivity contribution in [2.45, 2.75) is 37.6 Å². The van der Waals surface area contributed by atoms with Crippen LogP contribution in [-0.2, 0) is 0 Å². The molecule has 1 unspecified atom stereocenters. The number of hydrogen-bond donors (Lipinski definition) is 3. The summed E-state index contributed by atoms with van der Waals surface area (Å²) >= 11 is 0. The van der Waals surface area contributed by atoms with E-state index in [4.69, 9.17) is 4.74 Å². The fourth-order valence-corrected chi connectivity index (χ4v) is 4.71. The van der Waals surface area contributed by atoms with Crippen LogP contribution in [0.1, 0.15) is 36.5 Å². The summed E-state index contributed by atoms with van der Waals surface area (Å²) in [4.78, 5) is 1.88. The van der Waals surface area contributed by atoms with Gasteiger partial charge < -0.3 is 25.2 Å². The highest BCUT2D eigenvalue weighted by molar-refractivity contribution is 5.82. The molecule has 0 radical (unpaired) electrons. The molecule has 1 heterocycles. The Bertz CT molecular complexity index is 929. The minimum atomic E-state index is -4.10. The molecule has 2 aromatic rings.